The molecule has 2 heterocycles. The van der Waals surface area contributed by atoms with E-state index >= 15 is 0 Å². The van der Waals surface area contributed by atoms with Gasteiger partial charge in [-0.3, -0.25) is 9.25 Å². The number of hydrogen-bond donors (Lipinski definition) is 0. The van der Waals surface area contributed by atoms with Crippen LogP contribution in [-0.4, -0.2) is 39.4 Å². The normalized spacial score (nSPS) is 12.0. The Bertz CT molecular complexity index is 633. The largest absolute Gasteiger partial charge is 0.330 e. The quantitative estimate of drug-likeness (QED) is 0.649. The lowest BCUT2D eigenvalue weighted by Gasteiger charge is -2.16. The van der Waals surface area contributed by atoms with Gasteiger partial charge >= 0.3 is 7.60 Å². The molecule has 0 fully saturated rings. The van der Waals surface area contributed by atoms with Crippen molar-refractivity contribution in [3.63, 3.8) is 0 Å². The lowest BCUT2D eigenvalue weighted by Crippen LogP contribution is -2.05. The third-order valence-electron chi connectivity index (χ3n) is 2.99. The second kappa shape index (κ2) is 7.97. The van der Waals surface area contributed by atoms with E-state index in [1.54, 1.807) is 21.5 Å². The van der Waals surface area contributed by atoms with Crippen molar-refractivity contribution >= 4 is 18.9 Å². The van der Waals surface area contributed by atoms with E-state index in [2.05, 4.69) is 15.3 Å². The molecule has 0 saturated carbocycles. The molecular weight excluding hydrogens is 323 g/mol. The van der Waals surface area contributed by atoms with Gasteiger partial charge in [0, 0.05) is 6.54 Å². The summed E-state index contributed by atoms with van der Waals surface area (Å²) in [6, 6.07) is 0. The smallest absolute Gasteiger partial charge is 0.309 e. The fourth-order valence-electron chi connectivity index (χ4n) is 2.05. The maximum absolute atomic E-state index is 12.3. The number of aryl methyl sites for hydroxylation is 2. The summed E-state index contributed by atoms with van der Waals surface area (Å²) in [6.07, 6.45) is 2.91. The second-order valence-electron chi connectivity index (χ2n) is 4.66. The second-order valence-corrected chi connectivity index (χ2v) is 7.70. The Morgan fingerprint density at radius 3 is 2.64 bits per heavy atom. The molecule has 0 radical (unpaired) electrons. The molecule has 0 bridgehead atoms. The van der Waals surface area contributed by atoms with Gasteiger partial charge in [0.15, 0.2) is 0 Å². The topological polar surface area (TPSA) is 79.1 Å². The zero-order valence-electron chi connectivity index (χ0n) is 13.1. The van der Waals surface area contributed by atoms with Crippen molar-refractivity contribution < 1.29 is 13.6 Å². The molecule has 0 amide bonds. The fraction of sp³-hybridized carbons (Fsp3) is 0.615. The third-order valence-corrected chi connectivity index (χ3v) is 6.11. The van der Waals surface area contributed by atoms with Gasteiger partial charge in [0.2, 0.25) is 0 Å². The van der Waals surface area contributed by atoms with E-state index in [0.717, 1.165) is 16.3 Å². The molecule has 0 N–H and O–H groups in total. The number of nitrogens with zero attached hydrogens (tertiary/aromatic N) is 4. The Kier molecular flexibility index (Phi) is 6.26. The molecule has 0 unspecified atom stereocenters. The zero-order chi connectivity index (χ0) is 16.0. The van der Waals surface area contributed by atoms with E-state index in [1.165, 1.54) is 0 Å². The molecule has 0 atom stereocenters. The standard InChI is InChI=1S/C13H21N4O3PS/c1-4-19-21(18,20-5-2)8-6-7-17-9-12(15-16-17)13-11(3)14-10-22-13/h9-10H,4-8H2,1-3H3. The van der Waals surface area contributed by atoms with Crippen molar-refractivity contribution in [3.8, 4) is 10.6 Å². The average molecular weight is 344 g/mol. The van der Waals surface area contributed by atoms with Crippen molar-refractivity contribution in [1.82, 2.24) is 20.0 Å². The summed E-state index contributed by atoms with van der Waals surface area (Å²) in [5, 5.41) is 8.26. The van der Waals surface area contributed by atoms with Crippen molar-refractivity contribution in [3.05, 3.63) is 17.4 Å². The highest BCUT2D eigenvalue weighted by Gasteiger charge is 2.22. The minimum atomic E-state index is -2.97. The van der Waals surface area contributed by atoms with Gasteiger partial charge in [-0.05, 0) is 27.2 Å². The highest BCUT2D eigenvalue weighted by molar-refractivity contribution is 7.53. The average Bonchev–Trinajstić information content (AvgIpc) is 3.08. The van der Waals surface area contributed by atoms with Crippen LogP contribution in [0.3, 0.4) is 0 Å². The third kappa shape index (κ3) is 4.46. The molecular formula is C13H21N4O3PS. The van der Waals surface area contributed by atoms with Gasteiger partial charge < -0.3 is 9.05 Å². The highest BCUT2D eigenvalue weighted by atomic mass is 32.1. The van der Waals surface area contributed by atoms with Gasteiger partial charge in [-0.15, -0.1) is 16.4 Å². The number of thiazole rings is 1. The number of aromatic nitrogens is 4. The summed E-state index contributed by atoms with van der Waals surface area (Å²) in [6.45, 7) is 6.96. The zero-order valence-corrected chi connectivity index (χ0v) is 14.8. The van der Waals surface area contributed by atoms with Crippen LogP contribution in [0.15, 0.2) is 11.7 Å². The predicted molar refractivity (Wildman–Crippen MR) is 86.2 cm³/mol. The van der Waals surface area contributed by atoms with Crippen LogP contribution >= 0.6 is 18.9 Å². The molecule has 2 aromatic heterocycles. The predicted octanol–water partition coefficient (Wildman–Crippen LogP) is 3.37. The molecule has 2 rings (SSSR count). The van der Waals surface area contributed by atoms with Crippen LogP contribution < -0.4 is 0 Å². The van der Waals surface area contributed by atoms with Crippen molar-refractivity contribution in [2.45, 2.75) is 33.7 Å². The van der Waals surface area contributed by atoms with Crippen LogP contribution in [0, 0.1) is 6.92 Å². The number of hydrogen-bond acceptors (Lipinski definition) is 7. The van der Waals surface area contributed by atoms with Crippen LogP contribution in [-0.2, 0) is 20.2 Å². The summed E-state index contributed by atoms with van der Waals surface area (Å²) < 4.78 is 24.6. The fourth-order valence-corrected chi connectivity index (χ4v) is 4.45. The summed E-state index contributed by atoms with van der Waals surface area (Å²) in [7, 11) is -2.97. The maximum atomic E-state index is 12.3. The molecule has 0 aliphatic carbocycles. The minimum Gasteiger partial charge on any atom is -0.309 e. The van der Waals surface area contributed by atoms with Crippen LogP contribution in [0.5, 0.6) is 0 Å². The molecule has 0 aliphatic rings. The molecule has 0 saturated heterocycles. The van der Waals surface area contributed by atoms with Crippen LogP contribution in [0.2, 0.25) is 0 Å². The van der Waals surface area contributed by atoms with E-state index in [4.69, 9.17) is 9.05 Å². The van der Waals surface area contributed by atoms with Crippen LogP contribution in [0.25, 0.3) is 10.6 Å². The van der Waals surface area contributed by atoms with Gasteiger partial charge in [-0.1, -0.05) is 5.21 Å². The Morgan fingerprint density at radius 2 is 2.05 bits per heavy atom. The summed E-state index contributed by atoms with van der Waals surface area (Å²) in [4.78, 5) is 5.24. The van der Waals surface area contributed by atoms with E-state index in [0.29, 0.717) is 32.3 Å². The monoisotopic (exact) mass is 344 g/mol. The molecule has 122 valence electrons. The van der Waals surface area contributed by atoms with Crippen molar-refractivity contribution in [1.29, 1.82) is 0 Å². The first kappa shape index (κ1) is 17.3. The Labute approximate surface area is 134 Å². The molecule has 2 aromatic rings. The van der Waals surface area contributed by atoms with Gasteiger partial charge in [0.05, 0.1) is 41.7 Å². The van der Waals surface area contributed by atoms with Gasteiger partial charge in [0.1, 0.15) is 5.69 Å². The molecule has 9 heteroatoms. The van der Waals surface area contributed by atoms with Gasteiger partial charge in [-0.25, -0.2) is 4.98 Å². The van der Waals surface area contributed by atoms with Crippen LogP contribution in [0.1, 0.15) is 26.0 Å². The molecule has 0 aromatic carbocycles. The summed E-state index contributed by atoms with van der Waals surface area (Å²) >= 11 is 1.55. The van der Waals surface area contributed by atoms with E-state index in [-0.39, 0.29) is 0 Å². The Hall–Kier alpha value is -1.08. The van der Waals surface area contributed by atoms with E-state index < -0.39 is 7.60 Å². The molecule has 0 spiro atoms. The lowest BCUT2D eigenvalue weighted by molar-refractivity contribution is 0.219. The van der Waals surface area contributed by atoms with Gasteiger partial charge in [-0.2, -0.15) is 0 Å². The molecule has 0 aliphatic heterocycles. The van der Waals surface area contributed by atoms with Crippen molar-refractivity contribution in [2.75, 3.05) is 19.4 Å². The Balaban J connectivity index is 1.91. The molecule has 22 heavy (non-hydrogen) atoms. The number of rotatable bonds is 9. The lowest BCUT2D eigenvalue weighted by atomic mass is 10.3. The highest BCUT2D eigenvalue weighted by Crippen LogP contribution is 2.48. The summed E-state index contributed by atoms with van der Waals surface area (Å²) in [5.41, 5.74) is 3.57. The van der Waals surface area contributed by atoms with Crippen LogP contribution in [0.4, 0.5) is 0 Å². The first-order valence-electron chi connectivity index (χ1n) is 7.26. The van der Waals surface area contributed by atoms with Crippen molar-refractivity contribution in [2.24, 2.45) is 0 Å². The SMILES string of the molecule is CCOP(=O)(CCCn1cc(-c2scnc2C)nn1)OCC. The first-order chi connectivity index (χ1) is 10.6. The van der Waals surface area contributed by atoms with Gasteiger partial charge in [0.25, 0.3) is 0 Å². The maximum Gasteiger partial charge on any atom is 0.330 e. The minimum absolute atomic E-state index is 0.378. The van der Waals surface area contributed by atoms with E-state index in [9.17, 15) is 4.57 Å². The van der Waals surface area contributed by atoms with E-state index in [1.807, 2.05) is 27.0 Å². The Morgan fingerprint density at radius 1 is 1.32 bits per heavy atom. The summed E-state index contributed by atoms with van der Waals surface area (Å²) in [5.74, 6) is 0. The first-order valence-corrected chi connectivity index (χ1v) is 9.87. The molecule has 7 nitrogen and oxygen atoms in total.